The fourth-order valence-corrected chi connectivity index (χ4v) is 2.95. The molecule has 0 nitrogen and oxygen atoms in total. The predicted molar refractivity (Wildman–Crippen MR) is 67.9 cm³/mol. The number of rotatable bonds is 2. The molecule has 80 valence electrons. The molecule has 0 heterocycles. The molecule has 0 aliphatic heterocycles. The smallest absolute Gasteiger partial charge is 0.0486 e. The predicted octanol–water partition coefficient (Wildman–Crippen LogP) is 3.98. The summed E-state index contributed by atoms with van der Waals surface area (Å²) in [5, 5.41) is 0.234. The Morgan fingerprint density at radius 2 is 1.19 bits per heavy atom. The molecule has 3 rings (SSSR count). The highest BCUT2D eigenvalue weighted by molar-refractivity contribution is 6.24. The molecule has 2 aromatic rings. The van der Waals surface area contributed by atoms with Gasteiger partial charge < -0.3 is 0 Å². The summed E-state index contributed by atoms with van der Waals surface area (Å²) >= 11 is 6.38. The van der Waals surface area contributed by atoms with Gasteiger partial charge in [0.1, 0.15) is 0 Å². The molecular formula is C15H13Cl. The molecule has 0 radical (unpaired) electrons. The standard InChI is InChI=1S/C15H13Cl/c16-14-11-15(14,12-7-3-1-4-8-12)13-9-5-2-6-10-13/h1-10,14H,11H2. The molecule has 0 bridgehead atoms. The molecule has 0 spiro atoms. The van der Waals surface area contributed by atoms with Crippen LogP contribution in [0, 0.1) is 0 Å². The minimum atomic E-state index is 0.0596. The zero-order valence-electron chi connectivity index (χ0n) is 8.94. The normalized spacial score (nSPS) is 21.7. The Balaban J connectivity index is 2.10. The maximum absolute atomic E-state index is 6.38. The molecule has 1 aliphatic rings. The highest BCUT2D eigenvalue weighted by Gasteiger charge is 2.55. The van der Waals surface area contributed by atoms with Gasteiger partial charge in [-0.25, -0.2) is 0 Å². The average Bonchev–Trinajstić information content (AvgIpc) is 3.05. The van der Waals surface area contributed by atoms with Crippen molar-refractivity contribution < 1.29 is 0 Å². The molecule has 1 atom stereocenters. The second-order valence-corrected chi connectivity index (χ2v) is 4.90. The molecule has 0 N–H and O–H groups in total. The van der Waals surface area contributed by atoms with Crippen LogP contribution in [0.1, 0.15) is 17.5 Å². The Hall–Kier alpha value is -1.27. The third-order valence-electron chi connectivity index (χ3n) is 3.45. The third kappa shape index (κ3) is 1.37. The zero-order chi connectivity index (χ0) is 11.0. The van der Waals surface area contributed by atoms with Crippen LogP contribution >= 0.6 is 11.6 Å². The van der Waals surface area contributed by atoms with Gasteiger partial charge in [0.15, 0.2) is 0 Å². The number of halogens is 1. The Morgan fingerprint density at radius 3 is 1.50 bits per heavy atom. The summed E-state index contributed by atoms with van der Waals surface area (Å²) in [5.41, 5.74) is 2.73. The molecule has 16 heavy (non-hydrogen) atoms. The minimum absolute atomic E-state index is 0.0596. The maximum atomic E-state index is 6.38. The van der Waals surface area contributed by atoms with Crippen molar-refractivity contribution in [2.75, 3.05) is 0 Å². The average molecular weight is 229 g/mol. The zero-order valence-corrected chi connectivity index (χ0v) is 9.69. The van der Waals surface area contributed by atoms with E-state index in [1.54, 1.807) is 0 Å². The van der Waals surface area contributed by atoms with E-state index in [-0.39, 0.29) is 10.8 Å². The van der Waals surface area contributed by atoms with Crippen molar-refractivity contribution in [2.24, 2.45) is 0 Å². The number of hydrogen-bond donors (Lipinski definition) is 0. The lowest BCUT2D eigenvalue weighted by atomic mass is 9.88. The molecule has 0 amide bonds. The van der Waals surface area contributed by atoms with Gasteiger partial charge in [0, 0.05) is 10.8 Å². The minimum Gasteiger partial charge on any atom is -0.122 e. The van der Waals surface area contributed by atoms with Gasteiger partial charge in [-0.3, -0.25) is 0 Å². The molecule has 1 aliphatic carbocycles. The maximum Gasteiger partial charge on any atom is 0.0486 e. The first-order chi connectivity index (χ1) is 7.84. The molecular weight excluding hydrogens is 216 g/mol. The second-order valence-electron chi connectivity index (χ2n) is 4.38. The second kappa shape index (κ2) is 3.64. The number of benzene rings is 2. The van der Waals surface area contributed by atoms with Gasteiger partial charge in [0.2, 0.25) is 0 Å². The number of hydrogen-bond acceptors (Lipinski definition) is 0. The molecule has 0 saturated heterocycles. The van der Waals surface area contributed by atoms with E-state index in [9.17, 15) is 0 Å². The summed E-state index contributed by atoms with van der Waals surface area (Å²) < 4.78 is 0. The fraction of sp³-hybridized carbons (Fsp3) is 0.200. The van der Waals surface area contributed by atoms with Crippen LogP contribution < -0.4 is 0 Å². The van der Waals surface area contributed by atoms with Crippen molar-refractivity contribution in [2.45, 2.75) is 17.2 Å². The van der Waals surface area contributed by atoms with Gasteiger partial charge >= 0.3 is 0 Å². The van der Waals surface area contributed by atoms with Gasteiger partial charge in [0.25, 0.3) is 0 Å². The monoisotopic (exact) mass is 228 g/mol. The van der Waals surface area contributed by atoms with Crippen LogP contribution in [0.4, 0.5) is 0 Å². The molecule has 1 saturated carbocycles. The summed E-state index contributed by atoms with van der Waals surface area (Å²) in [6, 6.07) is 21.1. The Bertz CT molecular complexity index is 436. The Kier molecular flexibility index (Phi) is 2.26. The first-order valence-corrected chi connectivity index (χ1v) is 6.03. The van der Waals surface area contributed by atoms with Crippen LogP contribution in [-0.4, -0.2) is 5.38 Å². The molecule has 0 aromatic heterocycles. The van der Waals surface area contributed by atoms with Crippen LogP contribution in [-0.2, 0) is 5.41 Å². The highest BCUT2D eigenvalue weighted by atomic mass is 35.5. The number of alkyl halides is 1. The quantitative estimate of drug-likeness (QED) is 0.682. The van der Waals surface area contributed by atoms with E-state index < -0.39 is 0 Å². The summed E-state index contributed by atoms with van der Waals surface area (Å²) in [4.78, 5) is 0. The van der Waals surface area contributed by atoms with E-state index in [4.69, 9.17) is 11.6 Å². The van der Waals surface area contributed by atoms with Crippen LogP contribution in [0.25, 0.3) is 0 Å². The van der Waals surface area contributed by atoms with Crippen LogP contribution in [0.3, 0.4) is 0 Å². The van der Waals surface area contributed by atoms with E-state index in [1.165, 1.54) is 11.1 Å². The van der Waals surface area contributed by atoms with Gasteiger partial charge in [-0.1, -0.05) is 60.7 Å². The van der Waals surface area contributed by atoms with E-state index in [0.717, 1.165) is 6.42 Å². The molecule has 1 unspecified atom stereocenters. The van der Waals surface area contributed by atoms with E-state index in [1.807, 2.05) is 12.1 Å². The Morgan fingerprint density at radius 1 is 0.812 bits per heavy atom. The van der Waals surface area contributed by atoms with Crippen molar-refractivity contribution in [3.05, 3.63) is 71.8 Å². The molecule has 1 heteroatoms. The summed E-state index contributed by atoms with van der Waals surface area (Å²) in [5.74, 6) is 0. The van der Waals surface area contributed by atoms with Crippen LogP contribution in [0.15, 0.2) is 60.7 Å². The van der Waals surface area contributed by atoms with E-state index in [0.29, 0.717) is 0 Å². The summed E-state index contributed by atoms with van der Waals surface area (Å²) in [6.45, 7) is 0. The van der Waals surface area contributed by atoms with E-state index >= 15 is 0 Å². The van der Waals surface area contributed by atoms with Gasteiger partial charge in [0.05, 0.1) is 0 Å². The fourth-order valence-electron chi connectivity index (χ4n) is 2.46. The first-order valence-electron chi connectivity index (χ1n) is 5.59. The van der Waals surface area contributed by atoms with Gasteiger partial charge in [-0.2, -0.15) is 0 Å². The highest BCUT2D eigenvalue weighted by Crippen LogP contribution is 2.56. The van der Waals surface area contributed by atoms with E-state index in [2.05, 4.69) is 48.5 Å². The topological polar surface area (TPSA) is 0 Å². The lowest BCUT2D eigenvalue weighted by Crippen LogP contribution is -2.11. The van der Waals surface area contributed by atoms with Crippen molar-refractivity contribution in [3.8, 4) is 0 Å². The molecule has 1 fully saturated rings. The van der Waals surface area contributed by atoms with Crippen LogP contribution in [0.2, 0.25) is 0 Å². The lowest BCUT2D eigenvalue weighted by molar-refractivity contribution is 0.849. The summed E-state index contributed by atoms with van der Waals surface area (Å²) in [6.07, 6.45) is 1.04. The van der Waals surface area contributed by atoms with Crippen molar-refractivity contribution in [1.82, 2.24) is 0 Å². The summed E-state index contributed by atoms with van der Waals surface area (Å²) in [7, 11) is 0. The van der Waals surface area contributed by atoms with Gasteiger partial charge in [-0.05, 0) is 17.5 Å². The van der Waals surface area contributed by atoms with Crippen LogP contribution in [0.5, 0.6) is 0 Å². The molecule has 2 aromatic carbocycles. The third-order valence-corrected chi connectivity index (χ3v) is 3.98. The SMILES string of the molecule is ClC1CC1(c1ccccc1)c1ccccc1. The Labute approximate surface area is 101 Å². The largest absolute Gasteiger partial charge is 0.122 e. The first kappa shape index (κ1) is 9.92. The van der Waals surface area contributed by atoms with Crippen molar-refractivity contribution in [3.63, 3.8) is 0 Å². The van der Waals surface area contributed by atoms with Crippen molar-refractivity contribution in [1.29, 1.82) is 0 Å². The van der Waals surface area contributed by atoms with Crippen molar-refractivity contribution >= 4 is 11.6 Å². The van der Waals surface area contributed by atoms with Gasteiger partial charge in [-0.15, -0.1) is 11.6 Å². The lowest BCUT2D eigenvalue weighted by Gasteiger charge is -2.16.